The maximum Gasteiger partial charge on any atom is 0.120 e. The molecule has 0 amide bonds. The molecule has 1 aromatic rings. The Hall–Kier alpha value is -0.850. The van der Waals surface area contributed by atoms with E-state index >= 15 is 0 Å². The smallest absolute Gasteiger partial charge is 0.120 e. The maximum atomic E-state index is 9.84. The summed E-state index contributed by atoms with van der Waals surface area (Å²) in [6, 6.07) is 7.05. The number of hydrogen-bond acceptors (Lipinski definition) is 5. The summed E-state index contributed by atoms with van der Waals surface area (Å²) in [6.07, 6.45) is -0.0672. The SMILES string of the molecule is COCC(CCO)NCC(O)COc1cccc(Cl)c1. The van der Waals surface area contributed by atoms with Crippen LogP contribution in [0.2, 0.25) is 5.02 Å². The Kier molecular flexibility index (Phi) is 8.57. The van der Waals surface area contributed by atoms with Gasteiger partial charge in [-0.2, -0.15) is 0 Å². The zero-order valence-corrected chi connectivity index (χ0v) is 12.3. The fourth-order valence-corrected chi connectivity index (χ4v) is 1.89. The van der Waals surface area contributed by atoms with Crippen LogP contribution < -0.4 is 10.1 Å². The van der Waals surface area contributed by atoms with Crippen molar-refractivity contribution in [3.8, 4) is 5.75 Å². The van der Waals surface area contributed by atoms with Gasteiger partial charge >= 0.3 is 0 Å². The van der Waals surface area contributed by atoms with E-state index in [1.54, 1.807) is 31.4 Å². The van der Waals surface area contributed by atoms with Crippen LogP contribution in [0.5, 0.6) is 5.75 Å². The number of hydrogen-bond donors (Lipinski definition) is 3. The lowest BCUT2D eigenvalue weighted by Gasteiger charge is -2.19. The molecule has 114 valence electrons. The highest BCUT2D eigenvalue weighted by atomic mass is 35.5. The average molecular weight is 304 g/mol. The summed E-state index contributed by atoms with van der Waals surface area (Å²) in [7, 11) is 1.60. The van der Waals surface area contributed by atoms with Gasteiger partial charge in [-0.1, -0.05) is 17.7 Å². The third-order valence-corrected chi connectivity index (χ3v) is 2.96. The second kappa shape index (κ2) is 9.96. The molecule has 5 nitrogen and oxygen atoms in total. The van der Waals surface area contributed by atoms with Crippen molar-refractivity contribution in [1.29, 1.82) is 0 Å². The Labute approximate surface area is 124 Å². The van der Waals surface area contributed by atoms with Crippen LogP contribution in [0.1, 0.15) is 6.42 Å². The number of aliphatic hydroxyl groups is 2. The largest absolute Gasteiger partial charge is 0.491 e. The van der Waals surface area contributed by atoms with Crippen molar-refractivity contribution < 1.29 is 19.7 Å². The fourth-order valence-electron chi connectivity index (χ4n) is 1.71. The molecule has 0 heterocycles. The predicted octanol–water partition coefficient (Wildman–Crippen LogP) is 1.07. The molecule has 3 N–H and O–H groups in total. The van der Waals surface area contributed by atoms with E-state index in [9.17, 15) is 5.11 Å². The van der Waals surface area contributed by atoms with Crippen molar-refractivity contribution in [2.24, 2.45) is 0 Å². The van der Waals surface area contributed by atoms with Gasteiger partial charge < -0.3 is 25.0 Å². The van der Waals surface area contributed by atoms with Crippen molar-refractivity contribution in [2.75, 3.05) is 33.5 Å². The molecule has 0 bridgehead atoms. The van der Waals surface area contributed by atoms with Crippen LogP contribution in [0.3, 0.4) is 0 Å². The van der Waals surface area contributed by atoms with Gasteiger partial charge in [0.05, 0.1) is 6.61 Å². The van der Waals surface area contributed by atoms with Crippen LogP contribution in [0.4, 0.5) is 0 Å². The molecule has 0 radical (unpaired) electrons. The number of ether oxygens (including phenoxy) is 2. The van der Waals surface area contributed by atoms with Crippen molar-refractivity contribution in [3.05, 3.63) is 29.3 Å². The van der Waals surface area contributed by atoms with E-state index in [1.807, 2.05) is 0 Å². The van der Waals surface area contributed by atoms with E-state index in [4.69, 9.17) is 26.2 Å². The van der Waals surface area contributed by atoms with Crippen molar-refractivity contribution in [2.45, 2.75) is 18.6 Å². The zero-order chi connectivity index (χ0) is 14.8. The first-order valence-corrected chi connectivity index (χ1v) is 6.93. The van der Waals surface area contributed by atoms with Crippen LogP contribution in [0.15, 0.2) is 24.3 Å². The molecule has 6 heteroatoms. The van der Waals surface area contributed by atoms with Crippen LogP contribution in [0, 0.1) is 0 Å². The van der Waals surface area contributed by atoms with Gasteiger partial charge in [0, 0.05) is 31.3 Å². The van der Waals surface area contributed by atoms with Crippen molar-refractivity contribution in [3.63, 3.8) is 0 Å². The molecule has 0 saturated carbocycles. The molecule has 0 saturated heterocycles. The zero-order valence-electron chi connectivity index (χ0n) is 11.6. The minimum atomic E-state index is -0.646. The molecule has 1 rings (SSSR count). The Morgan fingerprint density at radius 2 is 2.15 bits per heavy atom. The fraction of sp³-hybridized carbons (Fsp3) is 0.571. The van der Waals surface area contributed by atoms with E-state index in [1.165, 1.54) is 0 Å². The lowest BCUT2D eigenvalue weighted by atomic mass is 10.2. The lowest BCUT2D eigenvalue weighted by Crippen LogP contribution is -2.40. The van der Waals surface area contributed by atoms with Gasteiger partial charge in [0.2, 0.25) is 0 Å². The summed E-state index contributed by atoms with van der Waals surface area (Å²) in [5, 5.41) is 22.5. The van der Waals surface area contributed by atoms with Gasteiger partial charge in [0.15, 0.2) is 0 Å². The summed E-state index contributed by atoms with van der Waals surface area (Å²) in [4.78, 5) is 0. The summed E-state index contributed by atoms with van der Waals surface area (Å²) in [5.74, 6) is 0.625. The summed E-state index contributed by atoms with van der Waals surface area (Å²) in [5.41, 5.74) is 0. The molecule has 0 aliphatic carbocycles. The first-order valence-electron chi connectivity index (χ1n) is 6.55. The van der Waals surface area contributed by atoms with E-state index in [0.717, 1.165) is 0 Å². The number of methoxy groups -OCH3 is 1. The highest BCUT2D eigenvalue weighted by molar-refractivity contribution is 6.30. The normalized spacial score (nSPS) is 14.0. The second-order valence-corrected chi connectivity index (χ2v) is 4.93. The molecule has 1 aromatic carbocycles. The van der Waals surface area contributed by atoms with Gasteiger partial charge in [-0.05, 0) is 24.6 Å². The lowest BCUT2D eigenvalue weighted by molar-refractivity contribution is 0.0919. The molecule has 0 aromatic heterocycles. The van der Waals surface area contributed by atoms with Crippen LogP contribution in [0.25, 0.3) is 0 Å². The highest BCUT2D eigenvalue weighted by Gasteiger charge is 2.11. The Bertz CT molecular complexity index is 372. The Morgan fingerprint density at radius 1 is 1.35 bits per heavy atom. The van der Waals surface area contributed by atoms with Crippen LogP contribution in [-0.2, 0) is 4.74 Å². The molecule has 0 spiro atoms. The molecule has 0 aliphatic rings. The molecule has 0 aliphatic heterocycles. The van der Waals surface area contributed by atoms with Crippen molar-refractivity contribution in [1.82, 2.24) is 5.32 Å². The van der Waals surface area contributed by atoms with Crippen LogP contribution >= 0.6 is 11.6 Å². The molecule has 2 atom stereocenters. The summed E-state index contributed by atoms with van der Waals surface area (Å²) >= 11 is 5.84. The summed E-state index contributed by atoms with van der Waals surface area (Å²) < 4.78 is 10.5. The average Bonchev–Trinajstić information content (AvgIpc) is 2.43. The summed E-state index contributed by atoms with van der Waals surface area (Å²) in [6.45, 7) is 1.11. The third kappa shape index (κ3) is 7.07. The first-order chi connectivity index (χ1) is 9.65. The molecule has 20 heavy (non-hydrogen) atoms. The van der Waals surface area contributed by atoms with Gasteiger partial charge in [-0.25, -0.2) is 0 Å². The molecular weight excluding hydrogens is 282 g/mol. The number of rotatable bonds is 10. The molecule has 2 unspecified atom stereocenters. The predicted molar refractivity (Wildman–Crippen MR) is 78.3 cm³/mol. The van der Waals surface area contributed by atoms with E-state index in [2.05, 4.69) is 5.32 Å². The quantitative estimate of drug-likeness (QED) is 0.603. The van der Waals surface area contributed by atoms with E-state index in [-0.39, 0.29) is 19.3 Å². The number of aliphatic hydroxyl groups excluding tert-OH is 2. The minimum absolute atomic E-state index is 0.0193. The standard InChI is InChI=1S/C14H22ClNO4/c1-19-9-12(5-6-17)16-8-13(18)10-20-14-4-2-3-11(15)7-14/h2-4,7,12-13,16-18H,5-6,8-10H2,1H3. The van der Waals surface area contributed by atoms with Crippen molar-refractivity contribution >= 4 is 11.6 Å². The number of halogens is 1. The number of benzene rings is 1. The van der Waals surface area contributed by atoms with Gasteiger partial charge in [-0.15, -0.1) is 0 Å². The molecule has 0 fully saturated rings. The maximum absolute atomic E-state index is 9.84. The number of nitrogens with one attached hydrogen (secondary N) is 1. The molecular formula is C14H22ClNO4. The monoisotopic (exact) mass is 303 g/mol. The topological polar surface area (TPSA) is 71.0 Å². The highest BCUT2D eigenvalue weighted by Crippen LogP contribution is 2.17. The Morgan fingerprint density at radius 3 is 2.80 bits per heavy atom. The van der Waals surface area contributed by atoms with Gasteiger partial charge in [-0.3, -0.25) is 0 Å². The van der Waals surface area contributed by atoms with Gasteiger partial charge in [0.1, 0.15) is 18.5 Å². The Balaban J connectivity index is 2.27. The minimum Gasteiger partial charge on any atom is -0.491 e. The van der Waals surface area contributed by atoms with Crippen LogP contribution in [-0.4, -0.2) is 55.8 Å². The third-order valence-electron chi connectivity index (χ3n) is 2.73. The van der Waals surface area contributed by atoms with Gasteiger partial charge in [0.25, 0.3) is 0 Å². The van der Waals surface area contributed by atoms with E-state index < -0.39 is 6.10 Å². The second-order valence-electron chi connectivity index (χ2n) is 4.49. The first kappa shape index (κ1) is 17.2. The van der Waals surface area contributed by atoms with E-state index in [0.29, 0.717) is 30.3 Å².